The number of dihydropyridines is 1. The third-order valence-corrected chi connectivity index (χ3v) is 6.52. The lowest BCUT2D eigenvalue weighted by Gasteiger charge is -2.37. The Hall–Kier alpha value is -3.05. The normalized spacial score (nSPS) is 20.3. The second-order valence-corrected chi connectivity index (χ2v) is 8.88. The van der Waals surface area contributed by atoms with Crippen LogP contribution < -0.4 is 10.1 Å². The molecule has 0 radical (unpaired) electrons. The Morgan fingerprint density at radius 3 is 2.55 bits per heavy atom. The third-order valence-electron chi connectivity index (χ3n) is 6.27. The van der Waals surface area contributed by atoms with E-state index in [1.807, 2.05) is 62.4 Å². The van der Waals surface area contributed by atoms with Crippen molar-refractivity contribution in [3.05, 3.63) is 87.2 Å². The Bertz CT molecular complexity index is 1130. The first-order valence-corrected chi connectivity index (χ1v) is 11.6. The van der Waals surface area contributed by atoms with E-state index in [0.29, 0.717) is 47.1 Å². The van der Waals surface area contributed by atoms with E-state index in [4.69, 9.17) is 21.1 Å². The van der Waals surface area contributed by atoms with Crippen molar-refractivity contribution in [1.29, 1.82) is 0 Å². The van der Waals surface area contributed by atoms with Gasteiger partial charge in [-0.25, -0.2) is 4.79 Å². The molecule has 0 spiro atoms. The van der Waals surface area contributed by atoms with E-state index < -0.39 is 11.9 Å². The smallest absolute Gasteiger partial charge is 0.336 e. The van der Waals surface area contributed by atoms with Gasteiger partial charge in [0, 0.05) is 34.0 Å². The topological polar surface area (TPSA) is 64.6 Å². The minimum absolute atomic E-state index is 0.0212. The van der Waals surface area contributed by atoms with E-state index in [-0.39, 0.29) is 11.7 Å². The van der Waals surface area contributed by atoms with Gasteiger partial charge in [0.25, 0.3) is 0 Å². The van der Waals surface area contributed by atoms with E-state index >= 15 is 0 Å². The first-order valence-electron chi connectivity index (χ1n) is 11.2. The third kappa shape index (κ3) is 4.55. The van der Waals surface area contributed by atoms with Gasteiger partial charge in [-0.1, -0.05) is 48.9 Å². The van der Waals surface area contributed by atoms with Crippen LogP contribution >= 0.6 is 11.6 Å². The molecule has 1 aliphatic heterocycles. The van der Waals surface area contributed by atoms with Crippen LogP contribution in [0, 0.1) is 0 Å². The van der Waals surface area contributed by atoms with Crippen LogP contribution in [0.3, 0.4) is 0 Å². The van der Waals surface area contributed by atoms with Gasteiger partial charge in [-0.15, -0.1) is 0 Å². The number of hydrogen-bond donors (Lipinski definition) is 1. The zero-order chi connectivity index (χ0) is 23.5. The summed E-state index contributed by atoms with van der Waals surface area (Å²) >= 11 is 6.06. The molecular formula is C27H28ClNO4. The predicted molar refractivity (Wildman–Crippen MR) is 128 cm³/mol. The van der Waals surface area contributed by atoms with Gasteiger partial charge in [0.1, 0.15) is 5.75 Å². The summed E-state index contributed by atoms with van der Waals surface area (Å²) in [7, 11) is 1.36. The molecule has 1 heterocycles. The minimum Gasteiger partial charge on any atom is -0.493 e. The average molecular weight is 466 g/mol. The van der Waals surface area contributed by atoms with Gasteiger partial charge in [-0.3, -0.25) is 4.79 Å². The van der Waals surface area contributed by atoms with Crippen LogP contribution in [0.5, 0.6) is 5.75 Å². The SMILES string of the molecule is CCCOc1ccccc1[C@H]1C(C(=O)OC)=C(C)NC2=C1C(=O)C[C@H](c1ccc(Cl)cc1)C2. The zero-order valence-corrected chi connectivity index (χ0v) is 19.9. The number of halogens is 1. The number of carbonyl (C=O) groups excluding carboxylic acids is 2. The summed E-state index contributed by atoms with van der Waals surface area (Å²) in [5.41, 5.74) is 4.50. The van der Waals surface area contributed by atoms with Crippen LogP contribution in [0.15, 0.2) is 71.1 Å². The second kappa shape index (κ2) is 9.84. The molecule has 6 heteroatoms. The fourth-order valence-corrected chi connectivity index (χ4v) is 4.89. The van der Waals surface area contributed by atoms with Crippen LogP contribution in [0.4, 0.5) is 0 Å². The van der Waals surface area contributed by atoms with Crippen LogP contribution in [0.25, 0.3) is 0 Å². The fraction of sp³-hybridized carbons (Fsp3) is 0.333. The highest BCUT2D eigenvalue weighted by atomic mass is 35.5. The lowest BCUT2D eigenvalue weighted by Crippen LogP contribution is -2.36. The zero-order valence-electron chi connectivity index (χ0n) is 19.1. The average Bonchev–Trinajstić information content (AvgIpc) is 2.82. The number of carbonyl (C=O) groups is 2. The number of hydrogen-bond acceptors (Lipinski definition) is 5. The van der Waals surface area contributed by atoms with Crippen molar-refractivity contribution in [3.8, 4) is 5.75 Å². The molecule has 5 nitrogen and oxygen atoms in total. The van der Waals surface area contributed by atoms with Gasteiger partial charge in [0.15, 0.2) is 5.78 Å². The van der Waals surface area contributed by atoms with Gasteiger partial charge >= 0.3 is 5.97 Å². The summed E-state index contributed by atoms with van der Waals surface area (Å²) in [5, 5.41) is 4.03. The first-order chi connectivity index (χ1) is 15.9. The number of rotatable bonds is 6. The summed E-state index contributed by atoms with van der Waals surface area (Å²) in [6, 6.07) is 15.3. The fourth-order valence-electron chi connectivity index (χ4n) is 4.76. The molecule has 0 aromatic heterocycles. The Morgan fingerprint density at radius 1 is 1.12 bits per heavy atom. The summed E-state index contributed by atoms with van der Waals surface area (Å²) in [6.07, 6.45) is 1.89. The molecule has 172 valence electrons. The van der Waals surface area contributed by atoms with Crippen molar-refractivity contribution < 1.29 is 19.1 Å². The van der Waals surface area contributed by atoms with Crippen LogP contribution in [-0.2, 0) is 14.3 Å². The molecule has 33 heavy (non-hydrogen) atoms. The van der Waals surface area contributed by atoms with E-state index in [1.165, 1.54) is 7.11 Å². The molecule has 0 saturated carbocycles. The number of methoxy groups -OCH3 is 1. The van der Waals surface area contributed by atoms with Crippen molar-refractivity contribution in [2.24, 2.45) is 0 Å². The molecule has 0 amide bonds. The van der Waals surface area contributed by atoms with Crippen molar-refractivity contribution in [2.75, 3.05) is 13.7 Å². The van der Waals surface area contributed by atoms with Gasteiger partial charge in [-0.05, 0) is 49.4 Å². The largest absolute Gasteiger partial charge is 0.493 e. The molecule has 0 fully saturated rings. The number of nitrogens with one attached hydrogen (secondary N) is 1. The van der Waals surface area contributed by atoms with Crippen LogP contribution in [0.2, 0.25) is 5.02 Å². The number of Topliss-reactive ketones (excluding diaryl/α,β-unsaturated/α-hetero) is 1. The standard InChI is InChI=1S/C27H28ClNO4/c1-4-13-33-23-8-6-5-7-20(23)25-24(27(31)32-3)16(2)29-21-14-18(15-22(30)26(21)25)17-9-11-19(28)12-10-17/h5-12,18,25,29H,4,13-15H2,1-3H3/t18-,25+/m1/s1. The number of ether oxygens (including phenoxy) is 2. The van der Waals surface area contributed by atoms with Gasteiger partial charge in [0.05, 0.1) is 25.2 Å². The molecule has 0 unspecified atom stereocenters. The minimum atomic E-state index is -0.541. The van der Waals surface area contributed by atoms with Crippen molar-refractivity contribution in [1.82, 2.24) is 5.32 Å². The molecule has 4 rings (SSSR count). The molecule has 2 aliphatic rings. The Morgan fingerprint density at radius 2 is 1.85 bits per heavy atom. The van der Waals surface area contributed by atoms with Crippen molar-refractivity contribution in [3.63, 3.8) is 0 Å². The maximum absolute atomic E-state index is 13.6. The monoisotopic (exact) mass is 465 g/mol. The number of ketones is 1. The van der Waals surface area contributed by atoms with E-state index in [0.717, 1.165) is 23.2 Å². The molecule has 2 aromatic carbocycles. The predicted octanol–water partition coefficient (Wildman–Crippen LogP) is 5.66. The lowest BCUT2D eigenvalue weighted by molar-refractivity contribution is -0.136. The lowest BCUT2D eigenvalue weighted by atomic mass is 9.71. The van der Waals surface area contributed by atoms with Crippen LogP contribution in [0.1, 0.15) is 56.1 Å². The summed E-state index contributed by atoms with van der Waals surface area (Å²) in [6.45, 7) is 4.45. The highest BCUT2D eigenvalue weighted by Crippen LogP contribution is 2.47. The Balaban J connectivity index is 1.81. The molecule has 0 bridgehead atoms. The molecule has 0 saturated heterocycles. The first kappa shape index (κ1) is 23.1. The molecule has 2 aromatic rings. The Kier molecular flexibility index (Phi) is 6.89. The molecule has 1 N–H and O–H groups in total. The van der Waals surface area contributed by atoms with E-state index in [9.17, 15) is 9.59 Å². The number of para-hydroxylation sites is 1. The second-order valence-electron chi connectivity index (χ2n) is 8.45. The summed E-state index contributed by atoms with van der Waals surface area (Å²) in [5.74, 6) is -0.247. The van der Waals surface area contributed by atoms with Gasteiger partial charge in [0.2, 0.25) is 0 Å². The maximum atomic E-state index is 13.6. The van der Waals surface area contributed by atoms with Crippen LogP contribution in [-0.4, -0.2) is 25.5 Å². The number of esters is 1. The maximum Gasteiger partial charge on any atom is 0.336 e. The summed E-state index contributed by atoms with van der Waals surface area (Å²) < 4.78 is 11.1. The van der Waals surface area contributed by atoms with Crippen molar-refractivity contribution in [2.45, 2.75) is 44.9 Å². The quantitative estimate of drug-likeness (QED) is 0.557. The molecule has 1 aliphatic carbocycles. The van der Waals surface area contributed by atoms with Crippen molar-refractivity contribution >= 4 is 23.4 Å². The van der Waals surface area contributed by atoms with E-state index in [2.05, 4.69) is 5.32 Å². The van der Waals surface area contributed by atoms with Gasteiger partial charge in [-0.2, -0.15) is 0 Å². The molecule has 2 atom stereocenters. The Labute approximate surface area is 199 Å². The summed E-state index contributed by atoms with van der Waals surface area (Å²) in [4.78, 5) is 26.5. The van der Waals surface area contributed by atoms with E-state index in [1.54, 1.807) is 0 Å². The number of allylic oxidation sites excluding steroid dienone is 3. The number of benzene rings is 2. The van der Waals surface area contributed by atoms with Gasteiger partial charge < -0.3 is 14.8 Å². The molecular weight excluding hydrogens is 438 g/mol. The highest BCUT2D eigenvalue weighted by molar-refractivity contribution is 6.30. The highest BCUT2D eigenvalue weighted by Gasteiger charge is 2.42.